The van der Waals surface area contributed by atoms with E-state index in [1.54, 1.807) is 4.90 Å². The highest BCUT2D eigenvalue weighted by Crippen LogP contribution is 2.35. The summed E-state index contributed by atoms with van der Waals surface area (Å²) in [5, 5.41) is 11.4. The first-order valence-corrected chi connectivity index (χ1v) is 11.5. The van der Waals surface area contributed by atoms with Crippen LogP contribution in [0.5, 0.6) is 5.75 Å². The first kappa shape index (κ1) is 23.9. The van der Waals surface area contributed by atoms with Crippen molar-refractivity contribution >= 4 is 40.8 Å². The van der Waals surface area contributed by atoms with Crippen molar-refractivity contribution < 1.29 is 28.8 Å². The zero-order valence-corrected chi connectivity index (χ0v) is 20.0. The van der Waals surface area contributed by atoms with Crippen molar-refractivity contribution in [2.24, 2.45) is 5.92 Å². The molecule has 0 radical (unpaired) electrons. The summed E-state index contributed by atoms with van der Waals surface area (Å²) in [4.78, 5) is 64.6. The van der Waals surface area contributed by atoms with Crippen LogP contribution in [0.1, 0.15) is 38.3 Å². The average Bonchev–Trinajstić information content (AvgIpc) is 3.38. The van der Waals surface area contributed by atoms with Gasteiger partial charge in [0.2, 0.25) is 5.91 Å². The van der Waals surface area contributed by atoms with Gasteiger partial charge < -0.3 is 9.64 Å². The molecule has 1 fully saturated rings. The van der Waals surface area contributed by atoms with Crippen LogP contribution in [-0.4, -0.2) is 35.2 Å². The fraction of sp³-hybridized carbons (Fsp3) is 0.185. The van der Waals surface area contributed by atoms with E-state index in [2.05, 4.69) is 0 Å². The number of esters is 1. The zero-order valence-electron chi connectivity index (χ0n) is 20.0. The Balaban J connectivity index is 1.35. The Hall–Kier alpha value is -4.86. The van der Waals surface area contributed by atoms with Gasteiger partial charge in [-0.05, 0) is 49.2 Å². The van der Waals surface area contributed by atoms with Gasteiger partial charge in [-0.25, -0.2) is 4.90 Å². The molecule has 1 saturated heterocycles. The minimum atomic E-state index is -0.832. The van der Waals surface area contributed by atoms with Crippen LogP contribution >= 0.6 is 0 Å². The lowest BCUT2D eigenvalue weighted by molar-refractivity contribution is -0.385. The van der Waals surface area contributed by atoms with Crippen molar-refractivity contribution in [2.45, 2.75) is 20.3 Å². The zero-order chi connectivity index (χ0) is 26.4. The minimum absolute atomic E-state index is 0.00597. The summed E-state index contributed by atoms with van der Waals surface area (Å²) in [6.45, 7) is 4.04. The number of benzene rings is 3. The highest BCUT2D eigenvalue weighted by atomic mass is 16.6. The van der Waals surface area contributed by atoms with Crippen LogP contribution in [0.15, 0.2) is 60.7 Å². The van der Waals surface area contributed by atoms with Gasteiger partial charge in [0.05, 0.1) is 22.1 Å². The van der Waals surface area contributed by atoms with Gasteiger partial charge >= 0.3 is 5.97 Å². The molecule has 2 heterocycles. The van der Waals surface area contributed by atoms with Crippen LogP contribution in [0.4, 0.5) is 17.1 Å². The highest BCUT2D eigenvalue weighted by molar-refractivity contribution is 6.35. The predicted molar refractivity (Wildman–Crippen MR) is 133 cm³/mol. The van der Waals surface area contributed by atoms with Crippen molar-refractivity contribution in [1.29, 1.82) is 0 Å². The van der Waals surface area contributed by atoms with E-state index in [4.69, 9.17) is 4.74 Å². The second-order valence-corrected chi connectivity index (χ2v) is 8.95. The highest BCUT2D eigenvalue weighted by Gasteiger charge is 2.42. The van der Waals surface area contributed by atoms with E-state index < -0.39 is 34.3 Å². The summed E-state index contributed by atoms with van der Waals surface area (Å²) in [5.41, 5.74) is 2.03. The fourth-order valence-electron chi connectivity index (χ4n) is 4.67. The Bertz CT molecular complexity index is 1510. The Labute approximate surface area is 211 Å². The minimum Gasteiger partial charge on any atom is -0.426 e. The third kappa shape index (κ3) is 4.02. The van der Waals surface area contributed by atoms with Gasteiger partial charge in [0, 0.05) is 30.8 Å². The topological polar surface area (TPSA) is 127 Å². The maximum absolute atomic E-state index is 13.0. The molecule has 3 aromatic carbocycles. The van der Waals surface area contributed by atoms with Crippen molar-refractivity contribution in [3.05, 3.63) is 93.0 Å². The predicted octanol–water partition coefficient (Wildman–Crippen LogP) is 3.97. The number of fused-ring (bicyclic) bond motifs is 1. The van der Waals surface area contributed by atoms with E-state index in [-0.39, 0.29) is 41.4 Å². The third-order valence-electron chi connectivity index (χ3n) is 6.71. The molecular weight excluding hydrogens is 478 g/mol. The van der Waals surface area contributed by atoms with Crippen LogP contribution in [0.25, 0.3) is 0 Å². The lowest BCUT2D eigenvalue weighted by Gasteiger charge is -2.20. The number of nitro groups is 1. The van der Waals surface area contributed by atoms with E-state index in [0.717, 1.165) is 27.8 Å². The number of rotatable bonds is 5. The Morgan fingerprint density at radius 2 is 1.73 bits per heavy atom. The van der Waals surface area contributed by atoms with Crippen LogP contribution < -0.4 is 14.5 Å². The number of imide groups is 1. The standard InChI is InChI=1S/C27H21N3O7/c1-15-6-3-10-21(16(15)2)28-14-17(12-23(28)31)27(34)37-19-8-4-7-18(13-19)29-25(32)20-9-5-11-22(30(35)36)24(20)26(29)33/h3-11,13,17H,12,14H2,1-2H3/t17-/m1/s1. The van der Waals surface area contributed by atoms with E-state index in [9.17, 15) is 29.3 Å². The summed E-state index contributed by atoms with van der Waals surface area (Å²) in [7, 11) is 0. The number of aryl methyl sites for hydroxylation is 1. The molecule has 0 bridgehead atoms. The molecule has 186 valence electrons. The molecule has 0 saturated carbocycles. The number of nitro benzene ring substituents is 1. The largest absolute Gasteiger partial charge is 0.426 e. The van der Waals surface area contributed by atoms with Gasteiger partial charge in [0.15, 0.2) is 0 Å². The second-order valence-electron chi connectivity index (χ2n) is 8.95. The maximum atomic E-state index is 13.0. The lowest BCUT2D eigenvalue weighted by atomic mass is 10.1. The van der Waals surface area contributed by atoms with Crippen LogP contribution in [0.3, 0.4) is 0 Å². The van der Waals surface area contributed by atoms with Crippen molar-refractivity contribution in [2.75, 3.05) is 16.3 Å². The van der Waals surface area contributed by atoms with Gasteiger partial charge in [0.1, 0.15) is 11.3 Å². The lowest BCUT2D eigenvalue weighted by Crippen LogP contribution is -2.29. The van der Waals surface area contributed by atoms with E-state index >= 15 is 0 Å². The van der Waals surface area contributed by atoms with Gasteiger partial charge in [0.25, 0.3) is 17.5 Å². The maximum Gasteiger partial charge on any atom is 0.316 e. The molecule has 37 heavy (non-hydrogen) atoms. The van der Waals surface area contributed by atoms with Crippen LogP contribution in [0, 0.1) is 29.9 Å². The van der Waals surface area contributed by atoms with Crippen LogP contribution in [0.2, 0.25) is 0 Å². The Kier molecular flexibility index (Phi) is 5.79. The first-order chi connectivity index (χ1) is 17.7. The molecule has 0 unspecified atom stereocenters. The van der Waals surface area contributed by atoms with E-state index in [1.165, 1.54) is 36.4 Å². The average molecular weight is 499 g/mol. The summed E-state index contributed by atoms with van der Waals surface area (Å²) in [6, 6.07) is 15.3. The number of nitrogens with zero attached hydrogens (tertiary/aromatic N) is 3. The van der Waals surface area contributed by atoms with Gasteiger partial charge in [-0.1, -0.05) is 24.3 Å². The molecule has 3 amide bonds. The molecule has 1 atom stereocenters. The number of carbonyl (C=O) groups is 4. The number of carbonyl (C=O) groups excluding carboxylic acids is 4. The molecule has 0 N–H and O–H groups in total. The molecule has 10 nitrogen and oxygen atoms in total. The van der Waals surface area contributed by atoms with E-state index in [1.807, 2.05) is 32.0 Å². The number of hydrogen-bond acceptors (Lipinski definition) is 7. The normalized spacial score (nSPS) is 16.8. The smallest absolute Gasteiger partial charge is 0.316 e. The van der Waals surface area contributed by atoms with Crippen molar-refractivity contribution in [1.82, 2.24) is 0 Å². The number of amides is 3. The number of hydrogen-bond donors (Lipinski definition) is 0. The van der Waals surface area contributed by atoms with Crippen molar-refractivity contribution in [3.8, 4) is 5.75 Å². The quantitative estimate of drug-likeness (QED) is 0.171. The summed E-state index contributed by atoms with van der Waals surface area (Å²) < 4.78 is 5.52. The Morgan fingerprint density at radius 3 is 2.49 bits per heavy atom. The SMILES string of the molecule is Cc1cccc(N2C[C@H](C(=O)Oc3cccc(N4C(=O)c5cccc([N+](=O)[O-])c5C4=O)c3)CC2=O)c1C. The summed E-state index contributed by atoms with van der Waals surface area (Å²) >= 11 is 0. The molecule has 10 heteroatoms. The van der Waals surface area contributed by atoms with Gasteiger partial charge in [-0.15, -0.1) is 0 Å². The molecule has 5 rings (SSSR count). The molecule has 0 aromatic heterocycles. The number of anilines is 2. The molecular formula is C27H21N3O7. The Morgan fingerprint density at radius 1 is 1.00 bits per heavy atom. The fourth-order valence-corrected chi connectivity index (χ4v) is 4.67. The molecule has 2 aliphatic heterocycles. The monoisotopic (exact) mass is 499 g/mol. The molecule has 0 aliphatic carbocycles. The van der Waals surface area contributed by atoms with Crippen LogP contribution in [-0.2, 0) is 9.59 Å². The molecule has 3 aromatic rings. The first-order valence-electron chi connectivity index (χ1n) is 11.5. The molecule has 2 aliphatic rings. The number of ether oxygens (including phenoxy) is 1. The second kappa shape index (κ2) is 8.98. The third-order valence-corrected chi connectivity index (χ3v) is 6.71. The summed E-state index contributed by atoms with van der Waals surface area (Å²) in [6.07, 6.45) is -0.00597. The van der Waals surface area contributed by atoms with E-state index in [0.29, 0.717) is 0 Å². The molecule has 0 spiro atoms. The van der Waals surface area contributed by atoms with Gasteiger partial charge in [-0.3, -0.25) is 29.3 Å². The summed E-state index contributed by atoms with van der Waals surface area (Å²) in [5.74, 6) is -2.96. The van der Waals surface area contributed by atoms with Gasteiger partial charge in [-0.2, -0.15) is 0 Å². The van der Waals surface area contributed by atoms with Crippen molar-refractivity contribution in [3.63, 3.8) is 0 Å².